The Balaban J connectivity index is 1.50. The third-order valence-corrected chi connectivity index (χ3v) is 5.85. The van der Waals surface area contributed by atoms with Gasteiger partial charge < -0.3 is 15.1 Å². The normalized spacial score (nSPS) is 28.2. The Labute approximate surface area is 155 Å². The lowest BCUT2D eigenvalue weighted by Gasteiger charge is -2.38. The van der Waals surface area contributed by atoms with Gasteiger partial charge in [-0.1, -0.05) is 29.3 Å². The van der Waals surface area contributed by atoms with Crippen LogP contribution in [-0.4, -0.2) is 58.7 Å². The maximum Gasteiger partial charge on any atom is 0.254 e. The van der Waals surface area contributed by atoms with Crippen molar-refractivity contribution in [1.29, 1.82) is 0 Å². The van der Waals surface area contributed by atoms with Gasteiger partial charge in [0.25, 0.3) is 5.91 Å². The van der Waals surface area contributed by atoms with Crippen LogP contribution in [-0.2, 0) is 9.59 Å². The third-order valence-electron chi connectivity index (χ3n) is 5.22. The highest BCUT2D eigenvalue weighted by Crippen LogP contribution is 2.32. The first kappa shape index (κ1) is 16.7. The summed E-state index contributed by atoms with van der Waals surface area (Å²) in [4.78, 5) is 41.1. The summed E-state index contributed by atoms with van der Waals surface area (Å²) < 4.78 is 0. The number of rotatable bonds is 2. The van der Waals surface area contributed by atoms with E-state index in [1.807, 2.05) is 0 Å². The van der Waals surface area contributed by atoms with E-state index in [4.69, 9.17) is 23.2 Å². The second-order valence-corrected chi connectivity index (χ2v) is 7.51. The van der Waals surface area contributed by atoms with Gasteiger partial charge in [0.05, 0.1) is 15.6 Å². The minimum absolute atomic E-state index is 0.00498. The van der Waals surface area contributed by atoms with Crippen molar-refractivity contribution < 1.29 is 14.4 Å². The van der Waals surface area contributed by atoms with E-state index in [0.717, 1.165) is 12.8 Å². The Morgan fingerprint density at radius 2 is 1.76 bits per heavy atom. The first-order valence-electron chi connectivity index (χ1n) is 8.33. The number of carbonyl (C=O) groups is 3. The lowest BCUT2D eigenvalue weighted by atomic mass is 10.1. The van der Waals surface area contributed by atoms with Crippen molar-refractivity contribution in [2.45, 2.75) is 37.4 Å². The number of piperazine rings is 1. The number of halogens is 2. The molecule has 3 saturated heterocycles. The molecule has 0 spiro atoms. The first-order valence-corrected chi connectivity index (χ1v) is 9.09. The molecule has 3 aliphatic heterocycles. The van der Waals surface area contributed by atoms with Crippen LogP contribution in [0, 0.1) is 0 Å². The minimum Gasteiger partial charge on any atom is -0.347 e. The maximum atomic E-state index is 12.6. The Hall–Kier alpha value is -1.79. The molecule has 25 heavy (non-hydrogen) atoms. The van der Waals surface area contributed by atoms with E-state index in [2.05, 4.69) is 5.32 Å². The highest BCUT2D eigenvalue weighted by atomic mass is 35.5. The van der Waals surface area contributed by atoms with Crippen LogP contribution in [0.15, 0.2) is 18.2 Å². The molecule has 0 bridgehead atoms. The van der Waals surface area contributed by atoms with Crippen molar-refractivity contribution >= 4 is 40.9 Å². The van der Waals surface area contributed by atoms with Crippen LogP contribution >= 0.6 is 23.2 Å². The SMILES string of the molecule is O=C(N[C@H]1C[C@H]2C(=O)N3CCC[C@H]3C(=O)N2C1)c1c(Cl)cccc1Cl. The van der Waals surface area contributed by atoms with Crippen LogP contribution in [0.2, 0.25) is 10.0 Å². The van der Waals surface area contributed by atoms with Gasteiger partial charge in [-0.2, -0.15) is 0 Å². The summed E-state index contributed by atoms with van der Waals surface area (Å²) in [5.74, 6) is -0.398. The van der Waals surface area contributed by atoms with Gasteiger partial charge in [-0.3, -0.25) is 14.4 Å². The molecule has 0 saturated carbocycles. The molecule has 4 rings (SSSR count). The molecule has 3 heterocycles. The fourth-order valence-electron chi connectivity index (χ4n) is 4.06. The second kappa shape index (κ2) is 6.18. The number of nitrogens with zero attached hydrogens (tertiary/aromatic N) is 2. The molecule has 3 fully saturated rings. The lowest BCUT2D eigenvalue weighted by molar-refractivity contribution is -0.156. The fraction of sp³-hybridized carbons (Fsp3) is 0.471. The van der Waals surface area contributed by atoms with E-state index in [-0.39, 0.29) is 45.4 Å². The highest BCUT2D eigenvalue weighted by molar-refractivity contribution is 6.39. The summed E-state index contributed by atoms with van der Waals surface area (Å²) in [6, 6.07) is 3.77. The average molecular weight is 382 g/mol. The zero-order valence-electron chi connectivity index (χ0n) is 13.4. The highest BCUT2D eigenvalue weighted by Gasteiger charge is 2.51. The van der Waals surface area contributed by atoms with Crippen LogP contribution in [0.1, 0.15) is 29.6 Å². The number of carbonyl (C=O) groups excluding carboxylic acids is 3. The zero-order valence-corrected chi connectivity index (χ0v) is 14.9. The van der Waals surface area contributed by atoms with Gasteiger partial charge in [-0.15, -0.1) is 0 Å². The quantitative estimate of drug-likeness (QED) is 0.847. The third kappa shape index (κ3) is 2.68. The van der Waals surface area contributed by atoms with Gasteiger partial charge in [0.15, 0.2) is 0 Å². The van der Waals surface area contributed by atoms with Crippen molar-refractivity contribution in [3.8, 4) is 0 Å². The van der Waals surface area contributed by atoms with Crippen LogP contribution in [0.3, 0.4) is 0 Å². The van der Waals surface area contributed by atoms with Gasteiger partial charge in [0, 0.05) is 19.1 Å². The molecule has 0 radical (unpaired) electrons. The molecule has 0 unspecified atom stereocenters. The van der Waals surface area contributed by atoms with Gasteiger partial charge in [-0.05, 0) is 31.4 Å². The van der Waals surface area contributed by atoms with Crippen LogP contribution in [0.25, 0.3) is 0 Å². The predicted molar refractivity (Wildman–Crippen MR) is 92.6 cm³/mol. The lowest BCUT2D eigenvalue weighted by Crippen LogP contribution is -2.60. The summed E-state index contributed by atoms with van der Waals surface area (Å²) in [5, 5.41) is 3.41. The minimum atomic E-state index is -0.478. The van der Waals surface area contributed by atoms with Gasteiger partial charge >= 0.3 is 0 Å². The van der Waals surface area contributed by atoms with Crippen LogP contribution < -0.4 is 5.32 Å². The molecule has 132 valence electrons. The van der Waals surface area contributed by atoms with Gasteiger partial charge in [0.2, 0.25) is 11.8 Å². The summed E-state index contributed by atoms with van der Waals surface area (Å²) in [7, 11) is 0. The average Bonchev–Trinajstić information content (AvgIpc) is 3.19. The van der Waals surface area contributed by atoms with Crippen molar-refractivity contribution in [3.05, 3.63) is 33.8 Å². The molecule has 1 aromatic carbocycles. The number of hydrogen-bond donors (Lipinski definition) is 1. The Bertz CT molecular complexity index is 719. The zero-order chi connectivity index (χ0) is 17.7. The molecule has 1 aromatic rings. The maximum absolute atomic E-state index is 12.6. The van der Waals surface area contributed by atoms with E-state index in [1.54, 1.807) is 28.0 Å². The van der Waals surface area contributed by atoms with E-state index < -0.39 is 6.04 Å². The Morgan fingerprint density at radius 1 is 1.08 bits per heavy atom. The molecule has 6 nitrogen and oxygen atoms in total. The summed E-state index contributed by atoms with van der Waals surface area (Å²) >= 11 is 12.1. The molecule has 0 aliphatic carbocycles. The topological polar surface area (TPSA) is 69.7 Å². The summed E-state index contributed by atoms with van der Waals surface area (Å²) in [5.41, 5.74) is 0.217. The standard InChI is InChI=1S/C17H17Cl2N3O3/c18-10-3-1-4-11(19)14(10)15(23)20-9-7-13-17(25)21-6-2-5-12(21)16(24)22(13)8-9/h1,3-4,9,12-13H,2,5-8H2,(H,20,23)/t9-,12-,13-/m0/s1. The van der Waals surface area contributed by atoms with Gasteiger partial charge in [0.1, 0.15) is 12.1 Å². The molecule has 8 heteroatoms. The van der Waals surface area contributed by atoms with E-state index in [9.17, 15) is 14.4 Å². The van der Waals surface area contributed by atoms with Crippen molar-refractivity contribution in [3.63, 3.8) is 0 Å². The monoisotopic (exact) mass is 381 g/mol. The second-order valence-electron chi connectivity index (χ2n) is 6.70. The van der Waals surface area contributed by atoms with Crippen molar-refractivity contribution in [2.24, 2.45) is 0 Å². The Morgan fingerprint density at radius 3 is 2.48 bits per heavy atom. The number of hydrogen-bond acceptors (Lipinski definition) is 3. The van der Waals surface area contributed by atoms with Crippen LogP contribution in [0.5, 0.6) is 0 Å². The smallest absolute Gasteiger partial charge is 0.254 e. The van der Waals surface area contributed by atoms with E-state index in [1.165, 1.54) is 0 Å². The summed E-state index contributed by atoms with van der Waals surface area (Å²) in [6.07, 6.45) is 2.01. The first-order chi connectivity index (χ1) is 12.0. The Kier molecular flexibility index (Phi) is 4.12. The molecule has 3 aliphatic rings. The van der Waals surface area contributed by atoms with Crippen molar-refractivity contribution in [2.75, 3.05) is 13.1 Å². The fourth-order valence-corrected chi connectivity index (χ4v) is 4.63. The summed E-state index contributed by atoms with van der Waals surface area (Å²) in [6.45, 7) is 0.985. The molecular formula is C17H17Cl2N3O3. The van der Waals surface area contributed by atoms with E-state index >= 15 is 0 Å². The number of benzene rings is 1. The van der Waals surface area contributed by atoms with E-state index in [0.29, 0.717) is 19.5 Å². The molecule has 3 atom stereocenters. The molecule has 0 aromatic heterocycles. The van der Waals surface area contributed by atoms with Crippen molar-refractivity contribution in [1.82, 2.24) is 15.1 Å². The largest absolute Gasteiger partial charge is 0.347 e. The number of nitrogens with one attached hydrogen (secondary N) is 1. The number of fused-ring (bicyclic) bond motifs is 2. The molecule has 1 N–H and O–H groups in total. The van der Waals surface area contributed by atoms with Gasteiger partial charge in [-0.25, -0.2) is 0 Å². The molecule has 3 amide bonds. The van der Waals surface area contributed by atoms with Crippen LogP contribution in [0.4, 0.5) is 0 Å². The molecular weight excluding hydrogens is 365 g/mol. The predicted octanol–water partition coefficient (Wildman–Crippen LogP) is 1.70. The number of amides is 3.